The van der Waals surface area contributed by atoms with E-state index in [2.05, 4.69) is 10.1 Å². The van der Waals surface area contributed by atoms with Gasteiger partial charge in [0.1, 0.15) is 5.75 Å². The van der Waals surface area contributed by atoms with Crippen molar-refractivity contribution in [1.29, 1.82) is 0 Å². The predicted molar refractivity (Wildman–Crippen MR) is 81.3 cm³/mol. The second-order valence-electron chi connectivity index (χ2n) is 6.19. The van der Waals surface area contributed by atoms with E-state index in [4.69, 9.17) is 0 Å². The molecule has 1 saturated carbocycles. The normalized spacial score (nSPS) is 21.2. The van der Waals surface area contributed by atoms with Crippen molar-refractivity contribution >= 4 is 5.91 Å². The predicted octanol–water partition coefficient (Wildman–Crippen LogP) is 4.46. The van der Waals surface area contributed by atoms with Crippen molar-refractivity contribution in [2.75, 3.05) is 0 Å². The maximum Gasteiger partial charge on any atom is 0.391 e. The molecule has 140 valence electrons. The molecule has 0 aliphatic heterocycles. The average Bonchev–Trinajstić information content (AvgIpc) is 2.53. The Morgan fingerprint density at radius 3 is 2.48 bits per heavy atom. The average molecular weight is 365 g/mol. The number of hydrogen-bond acceptors (Lipinski definition) is 2. The summed E-state index contributed by atoms with van der Waals surface area (Å²) in [5, 5.41) is 2.67. The minimum absolute atomic E-state index is 0.0311. The van der Waals surface area contributed by atoms with Gasteiger partial charge < -0.3 is 10.1 Å². The summed E-state index contributed by atoms with van der Waals surface area (Å²) in [6.45, 7) is -2.90. The molecule has 1 aromatic rings. The van der Waals surface area contributed by atoms with Crippen LogP contribution in [0.4, 0.5) is 22.0 Å². The van der Waals surface area contributed by atoms with Gasteiger partial charge in [0.15, 0.2) is 0 Å². The molecule has 2 unspecified atom stereocenters. The van der Waals surface area contributed by atoms with E-state index < -0.39 is 24.7 Å². The SMILES string of the molecule is O=C(CCc1ccc(OC(F)F)cc1)NC1CCCC(C(F)(F)F)C1. The van der Waals surface area contributed by atoms with Crippen LogP contribution in [-0.4, -0.2) is 24.7 Å². The van der Waals surface area contributed by atoms with Gasteiger partial charge in [0, 0.05) is 12.5 Å². The highest BCUT2D eigenvalue weighted by Gasteiger charge is 2.42. The van der Waals surface area contributed by atoms with Crippen LogP contribution in [0.15, 0.2) is 24.3 Å². The number of benzene rings is 1. The lowest BCUT2D eigenvalue weighted by molar-refractivity contribution is -0.184. The Bertz CT molecular complexity index is 559. The Kier molecular flexibility index (Phi) is 6.61. The Morgan fingerprint density at radius 2 is 1.88 bits per heavy atom. The van der Waals surface area contributed by atoms with Gasteiger partial charge in [-0.25, -0.2) is 0 Å². The molecule has 25 heavy (non-hydrogen) atoms. The quantitative estimate of drug-likeness (QED) is 0.756. The lowest BCUT2D eigenvalue weighted by Gasteiger charge is -2.31. The minimum Gasteiger partial charge on any atom is -0.435 e. The van der Waals surface area contributed by atoms with Gasteiger partial charge in [0.05, 0.1) is 5.92 Å². The monoisotopic (exact) mass is 365 g/mol. The van der Waals surface area contributed by atoms with E-state index >= 15 is 0 Å². The summed E-state index contributed by atoms with van der Waals surface area (Å²) in [5.74, 6) is -1.63. The molecule has 2 atom stereocenters. The molecule has 0 saturated heterocycles. The van der Waals surface area contributed by atoms with Crippen LogP contribution in [0.3, 0.4) is 0 Å². The highest BCUT2D eigenvalue weighted by molar-refractivity contribution is 5.76. The van der Waals surface area contributed by atoms with Crippen LogP contribution in [0.25, 0.3) is 0 Å². The molecule has 1 fully saturated rings. The van der Waals surface area contributed by atoms with Gasteiger partial charge in [-0.15, -0.1) is 0 Å². The summed E-state index contributed by atoms with van der Waals surface area (Å²) in [6, 6.07) is 5.47. The van der Waals surface area contributed by atoms with E-state index in [9.17, 15) is 26.7 Å². The molecule has 0 spiro atoms. The third kappa shape index (κ3) is 6.51. The van der Waals surface area contributed by atoms with Crippen LogP contribution in [0, 0.1) is 5.92 Å². The number of nitrogens with one attached hydrogen (secondary N) is 1. The highest BCUT2D eigenvalue weighted by Crippen LogP contribution is 2.37. The summed E-state index contributed by atoms with van der Waals surface area (Å²) in [6.07, 6.45) is -2.68. The number of hydrogen-bond donors (Lipinski definition) is 1. The Balaban J connectivity index is 1.77. The lowest BCUT2D eigenvalue weighted by atomic mass is 9.85. The Labute approximate surface area is 142 Å². The van der Waals surface area contributed by atoms with Crippen molar-refractivity contribution < 1.29 is 31.5 Å². The van der Waals surface area contributed by atoms with Gasteiger partial charge in [0.2, 0.25) is 5.91 Å². The summed E-state index contributed by atoms with van der Waals surface area (Å²) >= 11 is 0. The number of halogens is 5. The molecule has 0 heterocycles. The summed E-state index contributed by atoms with van der Waals surface area (Å²) in [4.78, 5) is 11.9. The first-order valence-electron chi connectivity index (χ1n) is 8.14. The first-order valence-corrected chi connectivity index (χ1v) is 8.14. The van der Waals surface area contributed by atoms with Crippen LogP contribution in [-0.2, 0) is 11.2 Å². The number of ether oxygens (including phenoxy) is 1. The standard InChI is InChI=1S/C17H20F5NO2/c18-16(19)25-14-7-4-11(5-8-14)6-9-15(24)23-13-3-1-2-12(10-13)17(20,21)22/h4-5,7-8,12-13,16H,1-3,6,9-10H2,(H,23,24). The van der Waals surface area contributed by atoms with E-state index in [1.54, 1.807) is 12.1 Å². The summed E-state index contributed by atoms with van der Waals surface area (Å²) < 4.78 is 66.6. The van der Waals surface area contributed by atoms with Gasteiger partial charge >= 0.3 is 12.8 Å². The smallest absolute Gasteiger partial charge is 0.391 e. The number of amides is 1. The Hall–Kier alpha value is -1.86. The van der Waals surface area contributed by atoms with Crippen molar-refractivity contribution in [3.05, 3.63) is 29.8 Å². The van der Waals surface area contributed by atoms with Crippen molar-refractivity contribution in [1.82, 2.24) is 5.32 Å². The molecule has 2 rings (SSSR count). The molecule has 8 heteroatoms. The summed E-state index contributed by atoms with van der Waals surface area (Å²) in [7, 11) is 0. The molecule has 0 radical (unpaired) electrons. The second-order valence-corrected chi connectivity index (χ2v) is 6.19. The fraction of sp³-hybridized carbons (Fsp3) is 0.588. The molecule has 1 aliphatic rings. The van der Waals surface area contributed by atoms with Gasteiger partial charge in [-0.1, -0.05) is 18.6 Å². The fourth-order valence-electron chi connectivity index (χ4n) is 3.01. The van der Waals surface area contributed by atoms with E-state index in [0.717, 1.165) is 5.56 Å². The summed E-state index contributed by atoms with van der Waals surface area (Å²) in [5.41, 5.74) is 0.758. The minimum atomic E-state index is -4.22. The zero-order chi connectivity index (χ0) is 18.4. The van der Waals surface area contributed by atoms with Crippen molar-refractivity contribution in [3.63, 3.8) is 0 Å². The van der Waals surface area contributed by atoms with Crippen LogP contribution in [0.1, 0.15) is 37.7 Å². The topological polar surface area (TPSA) is 38.3 Å². The maximum absolute atomic E-state index is 12.8. The van der Waals surface area contributed by atoms with E-state index in [0.29, 0.717) is 19.3 Å². The van der Waals surface area contributed by atoms with Gasteiger partial charge in [0.25, 0.3) is 0 Å². The first kappa shape index (κ1) is 19.5. The molecule has 1 aromatic carbocycles. The largest absolute Gasteiger partial charge is 0.435 e. The number of rotatable bonds is 6. The first-order chi connectivity index (χ1) is 11.7. The van der Waals surface area contributed by atoms with Gasteiger partial charge in [-0.2, -0.15) is 22.0 Å². The van der Waals surface area contributed by atoms with E-state index in [1.807, 2.05) is 0 Å². The second kappa shape index (κ2) is 8.49. The van der Waals surface area contributed by atoms with Crippen LogP contribution < -0.4 is 10.1 Å². The van der Waals surface area contributed by atoms with Crippen molar-refractivity contribution in [3.8, 4) is 5.75 Å². The van der Waals surface area contributed by atoms with Crippen LogP contribution in [0.5, 0.6) is 5.75 Å². The molecule has 1 aliphatic carbocycles. The van der Waals surface area contributed by atoms with Crippen LogP contribution in [0.2, 0.25) is 0 Å². The fourth-order valence-corrected chi connectivity index (χ4v) is 3.01. The molecule has 3 nitrogen and oxygen atoms in total. The molecule has 1 amide bonds. The van der Waals surface area contributed by atoms with E-state index in [1.165, 1.54) is 12.1 Å². The zero-order valence-corrected chi connectivity index (χ0v) is 13.5. The molecular formula is C17H20F5NO2. The molecule has 0 aromatic heterocycles. The Morgan fingerprint density at radius 1 is 1.20 bits per heavy atom. The molecule has 1 N–H and O–H groups in total. The molecular weight excluding hydrogens is 345 g/mol. The van der Waals surface area contributed by atoms with Gasteiger partial charge in [-0.05, 0) is 43.4 Å². The van der Waals surface area contributed by atoms with Crippen LogP contribution >= 0.6 is 0 Å². The zero-order valence-electron chi connectivity index (χ0n) is 13.5. The maximum atomic E-state index is 12.8. The van der Waals surface area contributed by atoms with Crippen molar-refractivity contribution in [2.45, 2.75) is 57.4 Å². The molecule has 0 bridgehead atoms. The highest BCUT2D eigenvalue weighted by atomic mass is 19.4. The number of aryl methyl sites for hydroxylation is 1. The third-order valence-electron chi connectivity index (χ3n) is 4.29. The van der Waals surface area contributed by atoms with Gasteiger partial charge in [-0.3, -0.25) is 4.79 Å². The number of carbonyl (C=O) groups is 1. The lowest BCUT2D eigenvalue weighted by Crippen LogP contribution is -2.41. The number of alkyl halides is 5. The number of carbonyl (C=O) groups excluding carboxylic acids is 1. The van der Waals surface area contributed by atoms with Crippen molar-refractivity contribution in [2.24, 2.45) is 5.92 Å². The van der Waals surface area contributed by atoms with E-state index in [-0.39, 0.29) is 30.9 Å². The third-order valence-corrected chi connectivity index (χ3v) is 4.29.